The van der Waals surface area contributed by atoms with Crippen LogP contribution in [0, 0.1) is 12.7 Å². The molecule has 4 heteroatoms. The van der Waals surface area contributed by atoms with E-state index in [4.69, 9.17) is 0 Å². The van der Waals surface area contributed by atoms with Crippen molar-refractivity contribution in [1.82, 2.24) is 9.47 Å². The number of carbonyl (C=O) groups is 1. The second kappa shape index (κ2) is 6.93. The number of likely N-dealkylation sites (N-methyl/N-ethyl adjacent to an activating group) is 1. The van der Waals surface area contributed by atoms with E-state index in [1.807, 2.05) is 4.57 Å². The van der Waals surface area contributed by atoms with Crippen LogP contribution in [0.15, 0.2) is 42.5 Å². The predicted octanol–water partition coefficient (Wildman–Crippen LogP) is 4.91. The number of carbonyl (C=O) groups excluding carboxylic acids is 1. The average molecular weight is 364 g/mol. The van der Waals surface area contributed by atoms with Crippen molar-refractivity contribution in [2.24, 2.45) is 0 Å². The van der Waals surface area contributed by atoms with Crippen molar-refractivity contribution in [3.8, 4) is 0 Å². The summed E-state index contributed by atoms with van der Waals surface area (Å²) < 4.78 is 15.1. The Morgan fingerprint density at radius 3 is 2.63 bits per heavy atom. The van der Waals surface area contributed by atoms with E-state index in [0.717, 1.165) is 36.2 Å². The molecule has 0 aliphatic carbocycles. The third-order valence-electron chi connectivity index (χ3n) is 5.74. The molecule has 3 nitrogen and oxygen atoms in total. The number of hydrogen-bond donors (Lipinski definition) is 0. The van der Waals surface area contributed by atoms with Gasteiger partial charge in [0, 0.05) is 17.6 Å². The Hall–Kier alpha value is -2.46. The quantitative estimate of drug-likeness (QED) is 0.660. The van der Waals surface area contributed by atoms with Gasteiger partial charge in [-0.2, -0.15) is 0 Å². The third-order valence-corrected chi connectivity index (χ3v) is 5.74. The van der Waals surface area contributed by atoms with Crippen molar-refractivity contribution >= 4 is 16.8 Å². The Balaban J connectivity index is 1.87. The first kappa shape index (κ1) is 17.9. The minimum Gasteiger partial charge on any atom is -0.298 e. The van der Waals surface area contributed by atoms with Crippen LogP contribution in [0.4, 0.5) is 4.39 Å². The van der Waals surface area contributed by atoms with Crippen molar-refractivity contribution < 1.29 is 9.18 Å². The van der Waals surface area contributed by atoms with Gasteiger partial charge in [0.05, 0.1) is 18.0 Å². The molecule has 0 saturated carbocycles. The van der Waals surface area contributed by atoms with E-state index in [0.29, 0.717) is 0 Å². The Labute approximate surface area is 159 Å². The molecule has 0 bridgehead atoms. The number of fused-ring (bicyclic) bond motifs is 3. The Morgan fingerprint density at radius 2 is 1.93 bits per heavy atom. The standard InChI is InChI=1S/C23H25FN2O/c1-4-20-23-18(11-12-25(20)3)19-13-15(2)5-10-21(19)26(23)22(27)14-16-6-8-17(24)9-7-16/h5-10,13,20H,4,11-12,14H2,1-3H3. The fraction of sp³-hybridized carbons (Fsp3) is 0.348. The molecule has 0 N–H and O–H groups in total. The maximum Gasteiger partial charge on any atom is 0.235 e. The van der Waals surface area contributed by atoms with Crippen molar-refractivity contribution in [3.05, 3.63) is 70.7 Å². The molecule has 0 fully saturated rings. The average Bonchev–Trinajstić information content (AvgIpc) is 2.97. The maximum atomic E-state index is 13.3. The molecular formula is C23H25FN2O. The van der Waals surface area contributed by atoms with E-state index in [2.05, 4.69) is 44.0 Å². The molecule has 0 amide bonds. The first-order valence-corrected chi connectivity index (χ1v) is 9.61. The van der Waals surface area contributed by atoms with Crippen molar-refractivity contribution in [2.45, 2.75) is 39.2 Å². The SMILES string of the molecule is CCC1c2c(c3cc(C)ccc3n2C(=O)Cc2ccc(F)cc2)CCN1C. The predicted molar refractivity (Wildman–Crippen MR) is 107 cm³/mol. The fourth-order valence-electron chi connectivity index (χ4n) is 4.38. The van der Waals surface area contributed by atoms with Crippen LogP contribution in [0.5, 0.6) is 0 Å². The van der Waals surface area contributed by atoms with Crippen LogP contribution < -0.4 is 0 Å². The van der Waals surface area contributed by atoms with E-state index in [1.54, 1.807) is 12.1 Å². The maximum absolute atomic E-state index is 13.3. The molecule has 1 unspecified atom stereocenters. The summed E-state index contributed by atoms with van der Waals surface area (Å²) in [5, 5.41) is 1.20. The Morgan fingerprint density at radius 1 is 1.19 bits per heavy atom. The van der Waals surface area contributed by atoms with Crippen LogP contribution in [0.3, 0.4) is 0 Å². The summed E-state index contributed by atoms with van der Waals surface area (Å²) in [6, 6.07) is 12.8. The third kappa shape index (κ3) is 3.08. The topological polar surface area (TPSA) is 25.2 Å². The van der Waals surface area contributed by atoms with Crippen LogP contribution in [0.1, 0.15) is 46.6 Å². The highest BCUT2D eigenvalue weighted by Crippen LogP contribution is 2.38. The first-order valence-electron chi connectivity index (χ1n) is 9.61. The molecule has 0 saturated heterocycles. The van der Waals surface area contributed by atoms with Crippen LogP contribution in [0.25, 0.3) is 10.9 Å². The monoisotopic (exact) mass is 364 g/mol. The first-order chi connectivity index (χ1) is 13.0. The van der Waals surface area contributed by atoms with E-state index >= 15 is 0 Å². The lowest BCUT2D eigenvalue weighted by atomic mass is 9.95. The second-order valence-corrected chi connectivity index (χ2v) is 7.57. The van der Waals surface area contributed by atoms with E-state index in [1.165, 1.54) is 28.6 Å². The number of halogens is 1. The van der Waals surface area contributed by atoms with Crippen LogP contribution in [-0.2, 0) is 12.8 Å². The van der Waals surface area contributed by atoms with Gasteiger partial charge in [0.25, 0.3) is 0 Å². The van der Waals surface area contributed by atoms with Gasteiger partial charge in [-0.1, -0.05) is 30.7 Å². The molecule has 140 valence electrons. The lowest BCUT2D eigenvalue weighted by Crippen LogP contribution is -2.34. The van der Waals surface area contributed by atoms with Gasteiger partial charge < -0.3 is 0 Å². The van der Waals surface area contributed by atoms with Gasteiger partial charge in [-0.05, 0) is 62.2 Å². The molecule has 27 heavy (non-hydrogen) atoms. The molecule has 1 aliphatic rings. The molecule has 0 radical (unpaired) electrons. The minimum atomic E-state index is -0.280. The fourth-order valence-corrected chi connectivity index (χ4v) is 4.38. The van der Waals surface area contributed by atoms with Gasteiger partial charge >= 0.3 is 0 Å². The molecule has 1 aromatic heterocycles. The zero-order valence-corrected chi connectivity index (χ0v) is 16.1. The van der Waals surface area contributed by atoms with Gasteiger partial charge in [0.1, 0.15) is 5.82 Å². The zero-order valence-electron chi connectivity index (χ0n) is 16.1. The summed E-state index contributed by atoms with van der Waals surface area (Å²) in [5.41, 5.74) is 5.48. The number of nitrogens with zero attached hydrogens (tertiary/aromatic N) is 2. The summed E-state index contributed by atoms with van der Waals surface area (Å²) >= 11 is 0. The number of benzene rings is 2. The van der Waals surface area contributed by atoms with Crippen LogP contribution >= 0.6 is 0 Å². The molecule has 2 heterocycles. The summed E-state index contributed by atoms with van der Waals surface area (Å²) in [7, 11) is 2.13. The van der Waals surface area contributed by atoms with Gasteiger partial charge in [-0.15, -0.1) is 0 Å². The number of aryl methyl sites for hydroxylation is 1. The number of aromatic nitrogens is 1. The second-order valence-electron chi connectivity index (χ2n) is 7.57. The molecule has 3 aromatic rings. The van der Waals surface area contributed by atoms with E-state index in [-0.39, 0.29) is 24.2 Å². The lowest BCUT2D eigenvalue weighted by molar-refractivity contribution is 0.0905. The van der Waals surface area contributed by atoms with Crippen molar-refractivity contribution in [1.29, 1.82) is 0 Å². The lowest BCUT2D eigenvalue weighted by Gasteiger charge is -2.33. The molecule has 1 aliphatic heterocycles. The largest absolute Gasteiger partial charge is 0.298 e. The minimum absolute atomic E-state index is 0.0467. The summed E-state index contributed by atoms with van der Waals surface area (Å²) in [4.78, 5) is 15.7. The van der Waals surface area contributed by atoms with Gasteiger partial charge in [0.15, 0.2) is 0 Å². The van der Waals surface area contributed by atoms with Gasteiger partial charge in [-0.25, -0.2) is 4.39 Å². The normalized spacial score (nSPS) is 17.3. The Bertz CT molecular complexity index is 1000. The smallest absolute Gasteiger partial charge is 0.235 e. The number of hydrogen-bond acceptors (Lipinski definition) is 2. The highest BCUT2D eigenvalue weighted by atomic mass is 19.1. The van der Waals surface area contributed by atoms with Crippen molar-refractivity contribution in [3.63, 3.8) is 0 Å². The summed E-state index contributed by atoms with van der Waals surface area (Å²) in [6.45, 7) is 5.27. The molecule has 0 spiro atoms. The van der Waals surface area contributed by atoms with E-state index in [9.17, 15) is 9.18 Å². The molecule has 4 rings (SSSR count). The van der Waals surface area contributed by atoms with Crippen molar-refractivity contribution in [2.75, 3.05) is 13.6 Å². The highest BCUT2D eigenvalue weighted by Gasteiger charge is 2.31. The van der Waals surface area contributed by atoms with Crippen LogP contribution in [0.2, 0.25) is 0 Å². The summed E-state index contributed by atoms with van der Waals surface area (Å²) in [6.07, 6.45) is 2.19. The van der Waals surface area contributed by atoms with Gasteiger partial charge in [0.2, 0.25) is 5.91 Å². The van der Waals surface area contributed by atoms with Crippen LogP contribution in [-0.4, -0.2) is 29.0 Å². The highest BCUT2D eigenvalue weighted by molar-refractivity contribution is 5.97. The molecule has 2 aromatic carbocycles. The molecule has 1 atom stereocenters. The zero-order chi connectivity index (χ0) is 19.1. The van der Waals surface area contributed by atoms with Gasteiger partial charge in [-0.3, -0.25) is 14.3 Å². The number of rotatable bonds is 3. The van der Waals surface area contributed by atoms with E-state index < -0.39 is 0 Å². The molecular weight excluding hydrogens is 339 g/mol. The summed E-state index contributed by atoms with van der Waals surface area (Å²) in [5.74, 6) is -0.233. The Kier molecular flexibility index (Phi) is 4.60.